The zero-order valence-corrected chi connectivity index (χ0v) is 17.1. The standard InChI is InChI=1S/C18H25N5OS2/c1-17(2)7-12-8-18(3,10-17)11-22(12)14(24)9-26-16-21-20-15(23(16)19)13-5-4-6-25-13/h4-6,12H,7-11,19H2,1-3H3/t12-,18-/m1/s1. The van der Waals surface area contributed by atoms with Crippen molar-refractivity contribution < 1.29 is 4.79 Å². The molecule has 26 heavy (non-hydrogen) atoms. The van der Waals surface area contributed by atoms with Crippen molar-refractivity contribution in [3.8, 4) is 10.7 Å². The summed E-state index contributed by atoms with van der Waals surface area (Å²) in [6.07, 6.45) is 3.41. The summed E-state index contributed by atoms with van der Waals surface area (Å²) in [6, 6.07) is 4.29. The van der Waals surface area contributed by atoms with E-state index in [9.17, 15) is 4.79 Å². The van der Waals surface area contributed by atoms with E-state index < -0.39 is 0 Å². The zero-order chi connectivity index (χ0) is 18.5. The van der Waals surface area contributed by atoms with Crippen molar-refractivity contribution in [3.63, 3.8) is 0 Å². The van der Waals surface area contributed by atoms with Crippen molar-refractivity contribution in [2.24, 2.45) is 10.8 Å². The number of nitrogen functional groups attached to an aromatic ring is 1. The van der Waals surface area contributed by atoms with Crippen LogP contribution in [-0.2, 0) is 4.79 Å². The Balaban J connectivity index is 1.42. The highest BCUT2D eigenvalue weighted by atomic mass is 32.2. The smallest absolute Gasteiger partial charge is 0.233 e. The summed E-state index contributed by atoms with van der Waals surface area (Å²) < 4.78 is 1.48. The summed E-state index contributed by atoms with van der Waals surface area (Å²) in [5.74, 6) is 7.31. The molecular formula is C18H25N5OS2. The molecule has 1 aliphatic carbocycles. The van der Waals surface area contributed by atoms with Gasteiger partial charge in [-0.3, -0.25) is 4.79 Å². The molecule has 2 atom stereocenters. The second kappa shape index (κ2) is 6.27. The minimum absolute atomic E-state index is 0.182. The van der Waals surface area contributed by atoms with E-state index in [1.165, 1.54) is 22.9 Å². The number of hydrogen-bond acceptors (Lipinski definition) is 6. The molecule has 4 rings (SSSR count). The van der Waals surface area contributed by atoms with Gasteiger partial charge in [0.1, 0.15) is 0 Å². The van der Waals surface area contributed by atoms with Crippen molar-refractivity contribution in [1.29, 1.82) is 0 Å². The molecule has 2 N–H and O–H groups in total. The summed E-state index contributed by atoms with van der Waals surface area (Å²) in [5.41, 5.74) is 0.569. The summed E-state index contributed by atoms with van der Waals surface area (Å²) in [6.45, 7) is 7.84. The Morgan fingerprint density at radius 1 is 1.38 bits per heavy atom. The molecule has 6 nitrogen and oxygen atoms in total. The van der Waals surface area contributed by atoms with Crippen LogP contribution in [0, 0.1) is 10.8 Å². The van der Waals surface area contributed by atoms with Gasteiger partial charge in [-0.15, -0.1) is 21.5 Å². The molecule has 2 fully saturated rings. The Hall–Kier alpha value is -1.54. The Kier molecular flexibility index (Phi) is 4.30. The van der Waals surface area contributed by atoms with E-state index >= 15 is 0 Å². The molecule has 2 aromatic heterocycles. The number of carbonyl (C=O) groups is 1. The second-order valence-electron chi connectivity index (χ2n) is 8.68. The Morgan fingerprint density at radius 3 is 2.92 bits per heavy atom. The molecule has 0 unspecified atom stereocenters. The van der Waals surface area contributed by atoms with Crippen LogP contribution in [0.2, 0.25) is 0 Å². The number of nitrogens with two attached hydrogens (primary N) is 1. The maximum atomic E-state index is 12.9. The predicted octanol–water partition coefficient (Wildman–Crippen LogP) is 3.24. The first kappa shape index (κ1) is 17.9. The van der Waals surface area contributed by atoms with Crippen LogP contribution in [0.4, 0.5) is 0 Å². The molecule has 1 aliphatic heterocycles. The third kappa shape index (κ3) is 3.24. The number of carbonyl (C=O) groups excluding carboxylic acids is 1. The maximum absolute atomic E-state index is 12.9. The topological polar surface area (TPSA) is 77.0 Å². The predicted molar refractivity (Wildman–Crippen MR) is 105 cm³/mol. The monoisotopic (exact) mass is 391 g/mol. The Morgan fingerprint density at radius 2 is 2.19 bits per heavy atom. The molecule has 0 radical (unpaired) electrons. The van der Waals surface area contributed by atoms with Gasteiger partial charge >= 0.3 is 0 Å². The molecule has 1 saturated carbocycles. The van der Waals surface area contributed by atoms with Crippen LogP contribution in [0.25, 0.3) is 10.7 Å². The van der Waals surface area contributed by atoms with E-state index in [4.69, 9.17) is 5.84 Å². The average Bonchev–Trinajstić information content (AvgIpc) is 3.23. The van der Waals surface area contributed by atoms with Gasteiger partial charge in [-0.25, -0.2) is 4.68 Å². The zero-order valence-electron chi connectivity index (χ0n) is 15.4. The van der Waals surface area contributed by atoms with Crippen LogP contribution in [0.15, 0.2) is 22.7 Å². The van der Waals surface area contributed by atoms with Gasteiger partial charge in [-0.05, 0) is 41.5 Å². The molecule has 1 saturated heterocycles. The van der Waals surface area contributed by atoms with Crippen molar-refractivity contribution in [1.82, 2.24) is 19.8 Å². The Bertz CT molecular complexity index is 816. The first-order valence-corrected chi connectivity index (χ1v) is 10.8. The number of hydrogen-bond donors (Lipinski definition) is 1. The van der Waals surface area contributed by atoms with E-state index in [2.05, 4.69) is 35.9 Å². The fourth-order valence-electron chi connectivity index (χ4n) is 4.91. The molecule has 8 heteroatoms. The van der Waals surface area contributed by atoms with Gasteiger partial charge in [-0.2, -0.15) is 0 Å². The SMILES string of the molecule is CC1(C)C[C@@H]2C[C@@](C)(CN2C(=O)CSc2nnc(-c3cccs3)n2N)C1. The lowest BCUT2D eigenvalue weighted by molar-refractivity contribution is -0.129. The number of rotatable bonds is 4. The average molecular weight is 392 g/mol. The van der Waals surface area contributed by atoms with Gasteiger partial charge in [0.2, 0.25) is 11.1 Å². The number of amides is 1. The van der Waals surface area contributed by atoms with Crippen LogP contribution in [0.3, 0.4) is 0 Å². The normalized spacial score (nSPS) is 27.0. The van der Waals surface area contributed by atoms with Gasteiger partial charge in [0.05, 0.1) is 10.6 Å². The largest absolute Gasteiger partial charge is 0.338 e. The summed E-state index contributed by atoms with van der Waals surface area (Å²) in [7, 11) is 0. The highest BCUT2D eigenvalue weighted by Gasteiger charge is 2.50. The van der Waals surface area contributed by atoms with Gasteiger partial charge in [-0.1, -0.05) is 38.6 Å². The number of aromatic nitrogens is 3. The molecule has 140 valence electrons. The van der Waals surface area contributed by atoms with Crippen LogP contribution in [0.1, 0.15) is 40.0 Å². The van der Waals surface area contributed by atoms with E-state index in [1.807, 2.05) is 17.5 Å². The summed E-state index contributed by atoms with van der Waals surface area (Å²) in [4.78, 5) is 15.9. The first-order valence-electron chi connectivity index (χ1n) is 8.93. The number of nitrogens with zero attached hydrogens (tertiary/aromatic N) is 4. The third-order valence-corrected chi connectivity index (χ3v) is 7.26. The van der Waals surface area contributed by atoms with Crippen LogP contribution in [0.5, 0.6) is 0 Å². The summed E-state index contributed by atoms with van der Waals surface area (Å²) >= 11 is 2.94. The lowest BCUT2D eigenvalue weighted by Gasteiger charge is -2.39. The van der Waals surface area contributed by atoms with Gasteiger partial charge in [0.15, 0.2) is 5.82 Å². The number of thiophene rings is 1. The van der Waals surface area contributed by atoms with E-state index in [0.717, 1.165) is 24.3 Å². The second-order valence-corrected chi connectivity index (χ2v) is 10.6. The minimum atomic E-state index is 0.182. The molecule has 2 bridgehead atoms. The van der Waals surface area contributed by atoms with Crippen molar-refractivity contribution in [2.45, 2.75) is 51.2 Å². The summed E-state index contributed by atoms with van der Waals surface area (Å²) in [5, 5.41) is 10.9. The highest BCUT2D eigenvalue weighted by Crippen LogP contribution is 2.52. The van der Waals surface area contributed by atoms with Gasteiger partial charge in [0, 0.05) is 12.6 Å². The first-order chi connectivity index (χ1) is 12.3. The number of thioether (sulfide) groups is 1. The Labute approximate surface area is 162 Å². The lowest BCUT2D eigenvalue weighted by Crippen LogP contribution is -2.38. The lowest BCUT2D eigenvalue weighted by atomic mass is 9.65. The van der Waals surface area contributed by atoms with E-state index in [0.29, 0.717) is 28.2 Å². The maximum Gasteiger partial charge on any atom is 0.233 e. The molecular weight excluding hydrogens is 366 g/mol. The minimum Gasteiger partial charge on any atom is -0.338 e. The molecule has 2 aliphatic rings. The van der Waals surface area contributed by atoms with Gasteiger partial charge in [0.25, 0.3) is 0 Å². The van der Waals surface area contributed by atoms with Crippen molar-refractivity contribution in [2.75, 3.05) is 18.1 Å². The highest BCUT2D eigenvalue weighted by molar-refractivity contribution is 7.99. The van der Waals surface area contributed by atoms with Gasteiger partial charge < -0.3 is 10.7 Å². The van der Waals surface area contributed by atoms with Crippen LogP contribution in [-0.4, -0.2) is 44.0 Å². The van der Waals surface area contributed by atoms with Crippen LogP contribution < -0.4 is 5.84 Å². The fraction of sp³-hybridized carbons (Fsp3) is 0.611. The quantitative estimate of drug-likeness (QED) is 0.639. The molecule has 0 aromatic carbocycles. The van der Waals surface area contributed by atoms with Crippen LogP contribution >= 0.6 is 23.1 Å². The fourth-order valence-corrected chi connectivity index (χ4v) is 6.36. The van der Waals surface area contributed by atoms with Crippen molar-refractivity contribution >= 4 is 29.0 Å². The number of likely N-dealkylation sites (tertiary alicyclic amines) is 1. The van der Waals surface area contributed by atoms with E-state index in [-0.39, 0.29) is 11.3 Å². The molecule has 2 aromatic rings. The number of fused-ring (bicyclic) bond motifs is 2. The third-order valence-electron chi connectivity index (χ3n) is 5.47. The molecule has 3 heterocycles. The van der Waals surface area contributed by atoms with E-state index in [1.54, 1.807) is 11.3 Å². The molecule has 0 spiro atoms. The molecule has 1 amide bonds. The van der Waals surface area contributed by atoms with Crippen molar-refractivity contribution in [3.05, 3.63) is 17.5 Å².